The van der Waals surface area contributed by atoms with Crippen molar-refractivity contribution in [1.29, 1.82) is 0 Å². The van der Waals surface area contributed by atoms with Gasteiger partial charge in [0.1, 0.15) is 0 Å². The first-order valence-corrected chi connectivity index (χ1v) is 5.68. The molecule has 0 N–H and O–H groups in total. The van der Waals surface area contributed by atoms with E-state index in [-0.39, 0.29) is 0 Å². The molecule has 0 unspecified atom stereocenters. The number of rotatable bonds is 2. The average molecular weight is 220 g/mol. The summed E-state index contributed by atoms with van der Waals surface area (Å²) >= 11 is 6.07. The fourth-order valence-electron chi connectivity index (χ4n) is 0.697. The summed E-state index contributed by atoms with van der Waals surface area (Å²) in [6.07, 6.45) is 0. The number of benzene rings is 1. The van der Waals surface area contributed by atoms with Crippen LogP contribution in [0.5, 0.6) is 0 Å². The normalized spacial score (nSPS) is 9.80. The Morgan fingerprint density at radius 3 is 2.40 bits per heavy atom. The number of hydrogen-bond acceptors (Lipinski definition) is 0. The Hall–Kier alpha value is 0.0295. The third-order valence-electron chi connectivity index (χ3n) is 1.24. The standard InChI is InChI=1S/C8H9ClSe/c1-7-2-4-8(5-3-7)10-6-9/h2-5H,6H2,1H3. The fraction of sp³-hybridized carbons (Fsp3) is 0.250. The zero-order valence-corrected chi connectivity index (χ0v) is 8.27. The Morgan fingerprint density at radius 2 is 1.90 bits per heavy atom. The van der Waals surface area contributed by atoms with Crippen LogP contribution in [0.1, 0.15) is 5.56 Å². The van der Waals surface area contributed by atoms with Gasteiger partial charge in [-0.15, -0.1) is 0 Å². The van der Waals surface area contributed by atoms with Gasteiger partial charge in [-0.1, -0.05) is 0 Å². The maximum atomic E-state index is 5.60. The quantitative estimate of drug-likeness (QED) is 0.523. The zero-order valence-electron chi connectivity index (χ0n) is 5.80. The SMILES string of the molecule is Cc1ccc([Se]CCl)cc1. The Kier molecular flexibility index (Phi) is 3.27. The van der Waals surface area contributed by atoms with E-state index < -0.39 is 0 Å². The topological polar surface area (TPSA) is 0 Å². The summed E-state index contributed by atoms with van der Waals surface area (Å²) in [5.41, 5.74) is 1.31. The van der Waals surface area contributed by atoms with Gasteiger partial charge in [-0.05, 0) is 0 Å². The predicted molar refractivity (Wildman–Crippen MR) is 47.3 cm³/mol. The predicted octanol–water partition coefficient (Wildman–Crippen LogP) is 1.52. The first-order valence-electron chi connectivity index (χ1n) is 3.08. The van der Waals surface area contributed by atoms with Crippen molar-refractivity contribution < 1.29 is 0 Å². The molecular formula is C8H9ClSe. The van der Waals surface area contributed by atoms with Crippen LogP contribution in [0.25, 0.3) is 0 Å². The molecule has 0 bridgehead atoms. The van der Waals surface area contributed by atoms with Crippen molar-refractivity contribution in [2.75, 3.05) is 4.78 Å². The minimum atomic E-state index is 0.468. The number of halogens is 1. The van der Waals surface area contributed by atoms with Gasteiger partial charge in [0.05, 0.1) is 0 Å². The van der Waals surface area contributed by atoms with Gasteiger partial charge in [0, 0.05) is 0 Å². The van der Waals surface area contributed by atoms with E-state index in [0.717, 1.165) is 4.78 Å². The van der Waals surface area contributed by atoms with E-state index in [2.05, 4.69) is 31.2 Å². The molecule has 0 atom stereocenters. The van der Waals surface area contributed by atoms with Crippen LogP contribution in [-0.2, 0) is 0 Å². The first kappa shape index (κ1) is 8.13. The van der Waals surface area contributed by atoms with E-state index in [0.29, 0.717) is 15.0 Å². The molecule has 1 aromatic carbocycles. The van der Waals surface area contributed by atoms with Crippen molar-refractivity contribution >= 4 is 31.0 Å². The second-order valence-corrected chi connectivity index (χ2v) is 5.25. The monoisotopic (exact) mass is 220 g/mol. The molecule has 54 valence electrons. The van der Waals surface area contributed by atoms with Crippen molar-refractivity contribution in [1.82, 2.24) is 0 Å². The summed E-state index contributed by atoms with van der Waals surface area (Å²) in [5, 5.41) is 0. The molecule has 0 aliphatic rings. The van der Waals surface area contributed by atoms with Crippen LogP contribution < -0.4 is 4.46 Å². The van der Waals surface area contributed by atoms with Crippen molar-refractivity contribution in [3.63, 3.8) is 0 Å². The number of aryl methyl sites for hydroxylation is 1. The van der Waals surface area contributed by atoms with Crippen molar-refractivity contribution in [2.45, 2.75) is 6.92 Å². The molecule has 2 heteroatoms. The molecule has 0 spiro atoms. The van der Waals surface area contributed by atoms with E-state index in [1.807, 2.05) is 0 Å². The van der Waals surface area contributed by atoms with Gasteiger partial charge in [0.25, 0.3) is 0 Å². The van der Waals surface area contributed by atoms with Gasteiger partial charge in [-0.25, -0.2) is 0 Å². The van der Waals surface area contributed by atoms with Crippen LogP contribution in [0.15, 0.2) is 24.3 Å². The van der Waals surface area contributed by atoms with Gasteiger partial charge in [0.15, 0.2) is 0 Å². The molecule has 0 heterocycles. The van der Waals surface area contributed by atoms with Crippen LogP contribution in [0, 0.1) is 6.92 Å². The molecule has 0 saturated carbocycles. The molecule has 0 nitrogen and oxygen atoms in total. The number of hydrogen-bond donors (Lipinski definition) is 0. The summed E-state index contributed by atoms with van der Waals surface area (Å²) in [5.74, 6) is 0. The Balaban J connectivity index is 2.69. The van der Waals surface area contributed by atoms with Crippen LogP contribution in [0.2, 0.25) is 0 Å². The molecule has 1 rings (SSSR count). The summed E-state index contributed by atoms with van der Waals surface area (Å²) in [7, 11) is 0. The second-order valence-electron chi connectivity index (χ2n) is 2.07. The van der Waals surface area contributed by atoms with Gasteiger partial charge in [-0.2, -0.15) is 0 Å². The van der Waals surface area contributed by atoms with Gasteiger partial charge in [0.2, 0.25) is 0 Å². The third-order valence-corrected chi connectivity index (χ3v) is 3.31. The van der Waals surface area contributed by atoms with Crippen molar-refractivity contribution in [2.24, 2.45) is 0 Å². The van der Waals surface area contributed by atoms with Crippen LogP contribution >= 0.6 is 11.6 Å². The minimum absolute atomic E-state index is 0.468. The zero-order chi connectivity index (χ0) is 7.40. The average Bonchev–Trinajstić information content (AvgIpc) is 1.95. The summed E-state index contributed by atoms with van der Waals surface area (Å²) in [6.45, 7) is 2.09. The van der Waals surface area contributed by atoms with Crippen molar-refractivity contribution in [3.05, 3.63) is 29.8 Å². The Bertz CT molecular complexity index is 193. The molecule has 0 aromatic heterocycles. The fourth-order valence-corrected chi connectivity index (χ4v) is 2.31. The third kappa shape index (κ3) is 2.34. The summed E-state index contributed by atoms with van der Waals surface area (Å²) in [4.78, 5) is 0. The van der Waals surface area contributed by atoms with Gasteiger partial charge in [-0.3, -0.25) is 0 Å². The molecule has 0 fully saturated rings. The number of alkyl halides is 1. The van der Waals surface area contributed by atoms with Crippen molar-refractivity contribution in [3.8, 4) is 0 Å². The first-order chi connectivity index (χ1) is 4.83. The maximum absolute atomic E-state index is 5.60. The molecule has 0 radical (unpaired) electrons. The van der Waals surface area contributed by atoms with E-state index >= 15 is 0 Å². The van der Waals surface area contributed by atoms with E-state index in [9.17, 15) is 0 Å². The van der Waals surface area contributed by atoms with Crippen LogP contribution in [0.4, 0.5) is 0 Å². The van der Waals surface area contributed by atoms with E-state index in [4.69, 9.17) is 11.6 Å². The molecule has 0 amide bonds. The Labute approximate surface area is 72.7 Å². The Morgan fingerprint density at radius 1 is 1.30 bits per heavy atom. The van der Waals surface area contributed by atoms with E-state index in [1.165, 1.54) is 10.0 Å². The molecular weight excluding hydrogens is 211 g/mol. The summed E-state index contributed by atoms with van der Waals surface area (Å²) in [6, 6.07) is 8.56. The molecule has 10 heavy (non-hydrogen) atoms. The van der Waals surface area contributed by atoms with Gasteiger partial charge < -0.3 is 0 Å². The van der Waals surface area contributed by atoms with E-state index in [1.54, 1.807) is 0 Å². The second kappa shape index (κ2) is 4.02. The van der Waals surface area contributed by atoms with Gasteiger partial charge >= 0.3 is 72.6 Å². The summed E-state index contributed by atoms with van der Waals surface area (Å²) < 4.78 is 2.16. The molecule has 0 aliphatic carbocycles. The van der Waals surface area contributed by atoms with Crippen LogP contribution in [0.3, 0.4) is 0 Å². The van der Waals surface area contributed by atoms with Crippen LogP contribution in [-0.4, -0.2) is 19.7 Å². The molecule has 0 aliphatic heterocycles. The molecule has 0 saturated heterocycles. The molecule has 1 aromatic rings.